The summed E-state index contributed by atoms with van der Waals surface area (Å²) in [4.78, 5) is 36.5. The minimum atomic E-state index is -1.13. The van der Waals surface area contributed by atoms with Gasteiger partial charge in [0.05, 0.1) is 40.3 Å². The first kappa shape index (κ1) is 44.8. The highest BCUT2D eigenvalue weighted by molar-refractivity contribution is 5.70. The molecule has 8 nitrogen and oxygen atoms in total. The fraction of sp³-hybridized carbons (Fsp3) is 0.821. The van der Waals surface area contributed by atoms with E-state index in [1.807, 2.05) is 0 Å². The quantitative estimate of drug-likeness (QED) is 0.0303. The van der Waals surface area contributed by atoms with E-state index in [-0.39, 0.29) is 42.7 Å². The number of nitrogens with zero attached hydrogens (tertiary/aromatic N) is 1. The van der Waals surface area contributed by atoms with Gasteiger partial charge in [0.2, 0.25) is 0 Å². The molecule has 274 valence electrons. The number of carbonyl (C=O) groups excluding carboxylic acids is 3. The van der Waals surface area contributed by atoms with Gasteiger partial charge in [0.15, 0.2) is 6.10 Å². The molecule has 0 fully saturated rings. The molecule has 8 heteroatoms. The number of carboxylic acids is 1. The van der Waals surface area contributed by atoms with E-state index in [0.717, 1.165) is 57.8 Å². The van der Waals surface area contributed by atoms with Crippen LogP contribution in [-0.4, -0.2) is 75.5 Å². The third-order valence-electron chi connectivity index (χ3n) is 8.35. The average Bonchev–Trinajstić information content (AvgIpc) is 3.01. The van der Waals surface area contributed by atoms with Crippen LogP contribution in [0.3, 0.4) is 0 Å². The molecule has 0 aromatic carbocycles. The number of unbranched alkanes of at least 4 members (excludes halogenated alkanes) is 15. The van der Waals surface area contributed by atoms with Gasteiger partial charge < -0.3 is 28.6 Å². The molecule has 0 N–H and O–H groups in total. The maximum Gasteiger partial charge on any atom is 0.306 e. The molecule has 0 spiro atoms. The molecular weight excluding hydrogens is 594 g/mol. The number of hydrogen-bond donors (Lipinski definition) is 0. The van der Waals surface area contributed by atoms with Gasteiger partial charge in [-0.05, 0) is 38.5 Å². The highest BCUT2D eigenvalue weighted by atomic mass is 16.6. The van der Waals surface area contributed by atoms with E-state index in [1.165, 1.54) is 64.2 Å². The molecular formula is C39H71NO7. The summed E-state index contributed by atoms with van der Waals surface area (Å²) in [5.74, 6) is -1.75. The SMILES string of the molecule is CC/C=C/C/C=C/CCCCCCCCCC(=O)OCC(COCCC(C(=O)[O-])[N+](C)(C)C)OC(=O)CCCCCCCCCCC. The number of hydrogen-bond acceptors (Lipinski definition) is 7. The van der Waals surface area contributed by atoms with Crippen LogP contribution in [0.1, 0.15) is 155 Å². The van der Waals surface area contributed by atoms with Gasteiger partial charge in [0.1, 0.15) is 12.6 Å². The van der Waals surface area contributed by atoms with Crippen molar-refractivity contribution in [2.45, 2.75) is 167 Å². The molecule has 0 aliphatic heterocycles. The molecule has 2 unspecified atom stereocenters. The van der Waals surface area contributed by atoms with Gasteiger partial charge in [0.25, 0.3) is 0 Å². The number of likely N-dealkylation sites (N-methyl/N-ethyl adjacent to an activating group) is 1. The molecule has 2 atom stereocenters. The summed E-state index contributed by atoms with van der Waals surface area (Å²) in [7, 11) is 5.39. The van der Waals surface area contributed by atoms with E-state index in [1.54, 1.807) is 21.1 Å². The molecule has 0 aliphatic carbocycles. The first-order valence-corrected chi connectivity index (χ1v) is 18.9. The Hall–Kier alpha value is -2.19. The van der Waals surface area contributed by atoms with Crippen LogP contribution < -0.4 is 5.11 Å². The van der Waals surface area contributed by atoms with Crippen molar-refractivity contribution in [3.05, 3.63) is 24.3 Å². The van der Waals surface area contributed by atoms with E-state index in [2.05, 4.69) is 38.2 Å². The maximum atomic E-state index is 12.6. The Morgan fingerprint density at radius 2 is 1.19 bits per heavy atom. The molecule has 0 saturated carbocycles. The lowest BCUT2D eigenvalue weighted by Gasteiger charge is -2.34. The Labute approximate surface area is 288 Å². The number of allylic oxidation sites excluding steroid dienone is 4. The lowest BCUT2D eigenvalue weighted by molar-refractivity contribution is -0.889. The Bertz CT molecular complexity index is 834. The van der Waals surface area contributed by atoms with Gasteiger partial charge in [0, 0.05) is 19.3 Å². The van der Waals surface area contributed by atoms with Crippen molar-refractivity contribution >= 4 is 17.9 Å². The Balaban J connectivity index is 4.39. The first-order valence-electron chi connectivity index (χ1n) is 18.9. The largest absolute Gasteiger partial charge is 0.544 e. The summed E-state index contributed by atoms with van der Waals surface area (Å²) < 4.78 is 17.0. The summed E-state index contributed by atoms with van der Waals surface area (Å²) >= 11 is 0. The smallest absolute Gasteiger partial charge is 0.306 e. The van der Waals surface area contributed by atoms with Crippen molar-refractivity contribution in [1.82, 2.24) is 0 Å². The van der Waals surface area contributed by atoms with Gasteiger partial charge in [-0.15, -0.1) is 0 Å². The second kappa shape index (κ2) is 31.1. The van der Waals surface area contributed by atoms with Gasteiger partial charge in [-0.2, -0.15) is 0 Å². The zero-order chi connectivity index (χ0) is 35.0. The minimum absolute atomic E-state index is 0.0411. The highest BCUT2D eigenvalue weighted by Crippen LogP contribution is 2.13. The van der Waals surface area contributed by atoms with Crippen LogP contribution >= 0.6 is 0 Å². The van der Waals surface area contributed by atoms with Gasteiger partial charge >= 0.3 is 11.9 Å². The topological polar surface area (TPSA) is 102 Å². The molecule has 0 aliphatic rings. The molecule has 47 heavy (non-hydrogen) atoms. The zero-order valence-corrected chi connectivity index (χ0v) is 30.9. The van der Waals surface area contributed by atoms with Crippen molar-refractivity contribution in [2.75, 3.05) is 41.0 Å². The van der Waals surface area contributed by atoms with Crippen LogP contribution in [0, 0.1) is 0 Å². The Morgan fingerprint density at radius 1 is 0.660 bits per heavy atom. The predicted molar refractivity (Wildman–Crippen MR) is 190 cm³/mol. The summed E-state index contributed by atoms with van der Waals surface area (Å²) in [6, 6.07) is -0.722. The summed E-state index contributed by atoms with van der Waals surface area (Å²) in [6.07, 6.45) is 30.6. The molecule has 0 radical (unpaired) electrons. The predicted octanol–water partition coefficient (Wildman–Crippen LogP) is 8.02. The van der Waals surface area contributed by atoms with Crippen LogP contribution in [0.25, 0.3) is 0 Å². The third kappa shape index (κ3) is 29.7. The van der Waals surface area contributed by atoms with Crippen LogP contribution in [0.4, 0.5) is 0 Å². The maximum absolute atomic E-state index is 12.6. The zero-order valence-electron chi connectivity index (χ0n) is 30.9. The average molecular weight is 666 g/mol. The third-order valence-corrected chi connectivity index (χ3v) is 8.35. The van der Waals surface area contributed by atoms with E-state index >= 15 is 0 Å². The normalized spacial score (nSPS) is 13.3. The van der Waals surface area contributed by atoms with Crippen LogP contribution in [0.2, 0.25) is 0 Å². The molecule has 0 aromatic heterocycles. The van der Waals surface area contributed by atoms with E-state index in [9.17, 15) is 19.5 Å². The molecule has 0 aromatic rings. The van der Waals surface area contributed by atoms with Crippen molar-refractivity contribution in [1.29, 1.82) is 0 Å². The van der Waals surface area contributed by atoms with Gasteiger partial charge in [-0.3, -0.25) is 9.59 Å². The fourth-order valence-electron chi connectivity index (χ4n) is 5.40. The van der Waals surface area contributed by atoms with E-state index in [4.69, 9.17) is 14.2 Å². The Morgan fingerprint density at radius 3 is 1.74 bits per heavy atom. The molecule has 0 rings (SSSR count). The van der Waals surface area contributed by atoms with E-state index < -0.39 is 18.1 Å². The minimum Gasteiger partial charge on any atom is -0.544 e. The number of esters is 2. The lowest BCUT2D eigenvalue weighted by Crippen LogP contribution is -2.55. The second-order valence-corrected chi connectivity index (χ2v) is 13.8. The Kier molecular flexibility index (Phi) is 29.7. The lowest BCUT2D eigenvalue weighted by atomic mass is 10.1. The molecule has 0 saturated heterocycles. The number of carbonyl (C=O) groups is 3. The number of rotatable bonds is 33. The number of quaternary nitrogens is 1. The number of carboxylic acid groups (broad SMARTS) is 1. The van der Waals surface area contributed by atoms with Crippen molar-refractivity contribution in [2.24, 2.45) is 0 Å². The van der Waals surface area contributed by atoms with Crippen LogP contribution in [0.5, 0.6) is 0 Å². The van der Waals surface area contributed by atoms with Crippen molar-refractivity contribution in [3.8, 4) is 0 Å². The number of aliphatic carboxylic acids is 1. The van der Waals surface area contributed by atoms with Gasteiger partial charge in [-0.1, -0.05) is 122 Å². The van der Waals surface area contributed by atoms with Gasteiger partial charge in [-0.25, -0.2) is 0 Å². The monoisotopic (exact) mass is 666 g/mol. The highest BCUT2D eigenvalue weighted by Gasteiger charge is 2.25. The van der Waals surface area contributed by atoms with Crippen molar-refractivity contribution < 1.29 is 38.2 Å². The van der Waals surface area contributed by atoms with Crippen LogP contribution in [0.15, 0.2) is 24.3 Å². The summed E-state index contributed by atoms with van der Waals surface area (Å²) in [5.41, 5.74) is 0. The number of ether oxygens (including phenoxy) is 3. The fourth-order valence-corrected chi connectivity index (χ4v) is 5.40. The van der Waals surface area contributed by atoms with Crippen LogP contribution in [-0.2, 0) is 28.6 Å². The molecule has 0 amide bonds. The standard InChI is InChI=1S/C39H71NO7/c1-6-8-10-12-14-16-17-18-19-20-22-23-25-27-29-37(41)46-34-35(33-45-32-31-36(39(43)44)40(3,4)5)47-38(42)30-28-26-24-21-15-13-11-9-7-2/h8,10,14,16,35-36H,6-7,9,11-13,15,17-34H2,1-5H3/b10-8+,16-14+. The summed E-state index contributed by atoms with van der Waals surface area (Å²) in [6.45, 7) is 4.51. The molecule has 0 bridgehead atoms. The summed E-state index contributed by atoms with van der Waals surface area (Å²) in [5, 5.41) is 11.6. The molecule has 0 heterocycles. The first-order chi connectivity index (χ1) is 22.6. The van der Waals surface area contributed by atoms with E-state index in [0.29, 0.717) is 12.8 Å². The van der Waals surface area contributed by atoms with Crippen molar-refractivity contribution in [3.63, 3.8) is 0 Å². The second-order valence-electron chi connectivity index (χ2n) is 13.8.